The third-order valence-corrected chi connectivity index (χ3v) is 3.58. The van der Waals surface area contributed by atoms with Crippen molar-refractivity contribution in [3.8, 4) is 0 Å². The van der Waals surface area contributed by atoms with Crippen LogP contribution in [0.15, 0.2) is 48.5 Å². The minimum absolute atomic E-state index is 0.394. The Morgan fingerprint density at radius 2 is 1.50 bits per heavy atom. The molecule has 3 rings (SSSR count). The maximum Gasteiger partial charge on any atom is 0.0761 e. The van der Waals surface area contributed by atoms with Crippen LogP contribution in [0.25, 0.3) is 0 Å². The Bertz CT molecular complexity index is 520. The molecular weight excluding hydrogens is 222 g/mol. The molecule has 1 heterocycles. The molecule has 1 atom stereocenters. The molecule has 18 heavy (non-hydrogen) atoms. The predicted octanol–water partition coefficient (Wildman–Crippen LogP) is 3.26. The zero-order valence-electron chi connectivity index (χ0n) is 10.5. The normalized spacial score (nSPS) is 15.6. The van der Waals surface area contributed by atoms with Gasteiger partial charge in [0.2, 0.25) is 0 Å². The fourth-order valence-electron chi connectivity index (χ4n) is 2.48. The van der Waals surface area contributed by atoms with Gasteiger partial charge < -0.3 is 10.0 Å². The van der Waals surface area contributed by atoms with Crippen LogP contribution in [0.2, 0.25) is 0 Å². The van der Waals surface area contributed by atoms with E-state index in [0.29, 0.717) is 0 Å². The minimum atomic E-state index is -0.394. The molecular formula is C16H17NO. The van der Waals surface area contributed by atoms with E-state index < -0.39 is 6.10 Å². The molecule has 1 aliphatic rings. The maximum atomic E-state index is 9.51. The van der Waals surface area contributed by atoms with Crippen molar-refractivity contribution in [2.75, 3.05) is 4.90 Å². The topological polar surface area (TPSA) is 23.5 Å². The smallest absolute Gasteiger partial charge is 0.0761 e. The van der Waals surface area contributed by atoms with Crippen molar-refractivity contribution in [3.63, 3.8) is 0 Å². The molecule has 1 unspecified atom stereocenters. The van der Waals surface area contributed by atoms with Gasteiger partial charge in [-0.25, -0.2) is 0 Å². The highest BCUT2D eigenvalue weighted by molar-refractivity contribution is 5.52. The van der Waals surface area contributed by atoms with Gasteiger partial charge in [0.05, 0.1) is 6.10 Å². The lowest BCUT2D eigenvalue weighted by atomic mass is 10.1. The zero-order chi connectivity index (χ0) is 12.5. The summed E-state index contributed by atoms with van der Waals surface area (Å²) in [6.07, 6.45) is -0.394. The molecule has 0 radical (unpaired) electrons. The average Bonchev–Trinajstić information content (AvgIpc) is 2.82. The molecule has 0 spiro atoms. The van der Waals surface area contributed by atoms with Crippen molar-refractivity contribution in [2.24, 2.45) is 0 Å². The second-order valence-corrected chi connectivity index (χ2v) is 4.89. The molecule has 2 aromatic carbocycles. The Kier molecular flexibility index (Phi) is 2.80. The number of fused-ring (bicyclic) bond motifs is 1. The molecule has 0 fully saturated rings. The number of aliphatic hydroxyl groups excluding tert-OH is 1. The first-order valence-corrected chi connectivity index (χ1v) is 6.34. The number of nitrogens with zero attached hydrogens (tertiary/aromatic N) is 1. The third kappa shape index (κ3) is 2.00. The van der Waals surface area contributed by atoms with Crippen molar-refractivity contribution in [3.05, 3.63) is 65.2 Å². The molecule has 2 heteroatoms. The van der Waals surface area contributed by atoms with Gasteiger partial charge in [-0.05, 0) is 35.7 Å². The fourth-order valence-corrected chi connectivity index (χ4v) is 2.48. The van der Waals surface area contributed by atoms with Gasteiger partial charge in [-0.15, -0.1) is 0 Å². The Morgan fingerprint density at radius 3 is 2.00 bits per heavy atom. The summed E-state index contributed by atoms with van der Waals surface area (Å²) < 4.78 is 0. The highest BCUT2D eigenvalue weighted by atomic mass is 16.3. The van der Waals surface area contributed by atoms with Crippen molar-refractivity contribution in [2.45, 2.75) is 26.1 Å². The molecule has 0 aromatic heterocycles. The predicted molar refractivity (Wildman–Crippen MR) is 73.4 cm³/mol. The first kappa shape index (κ1) is 11.3. The van der Waals surface area contributed by atoms with Crippen molar-refractivity contribution >= 4 is 5.69 Å². The van der Waals surface area contributed by atoms with E-state index in [-0.39, 0.29) is 0 Å². The molecule has 0 saturated carbocycles. The van der Waals surface area contributed by atoms with Gasteiger partial charge in [-0.1, -0.05) is 36.4 Å². The molecule has 0 saturated heterocycles. The van der Waals surface area contributed by atoms with Gasteiger partial charge in [0.1, 0.15) is 0 Å². The Morgan fingerprint density at radius 1 is 0.944 bits per heavy atom. The number of benzene rings is 2. The number of hydrogen-bond acceptors (Lipinski definition) is 2. The lowest BCUT2D eigenvalue weighted by Crippen LogP contribution is -2.14. The summed E-state index contributed by atoms with van der Waals surface area (Å²) in [4.78, 5) is 2.36. The summed E-state index contributed by atoms with van der Waals surface area (Å²) in [5.74, 6) is 0. The van der Waals surface area contributed by atoms with Crippen LogP contribution in [0.3, 0.4) is 0 Å². The van der Waals surface area contributed by atoms with E-state index in [9.17, 15) is 5.11 Å². The highest BCUT2D eigenvalue weighted by Crippen LogP contribution is 2.28. The summed E-state index contributed by atoms with van der Waals surface area (Å²) in [6, 6.07) is 16.8. The standard InChI is InChI=1S/C16H17NO/c1-12(18)13-6-8-16(9-7-13)17-10-14-4-2-3-5-15(14)11-17/h2-9,12,18H,10-11H2,1H3. The molecule has 0 bridgehead atoms. The zero-order valence-corrected chi connectivity index (χ0v) is 10.5. The Balaban J connectivity index is 1.82. The van der Waals surface area contributed by atoms with Crippen LogP contribution < -0.4 is 4.90 Å². The van der Waals surface area contributed by atoms with Crippen molar-refractivity contribution in [1.29, 1.82) is 0 Å². The Hall–Kier alpha value is -1.80. The first-order chi connectivity index (χ1) is 8.74. The summed E-state index contributed by atoms with van der Waals surface area (Å²) >= 11 is 0. The number of aliphatic hydroxyl groups is 1. The van der Waals surface area contributed by atoms with Gasteiger partial charge in [-0.3, -0.25) is 0 Å². The molecule has 1 N–H and O–H groups in total. The molecule has 1 aliphatic heterocycles. The SMILES string of the molecule is CC(O)c1ccc(N2Cc3ccccc3C2)cc1. The van der Waals surface area contributed by atoms with Gasteiger partial charge in [0, 0.05) is 18.8 Å². The fraction of sp³-hybridized carbons (Fsp3) is 0.250. The van der Waals surface area contributed by atoms with Gasteiger partial charge in [0.25, 0.3) is 0 Å². The third-order valence-electron chi connectivity index (χ3n) is 3.58. The minimum Gasteiger partial charge on any atom is -0.389 e. The molecule has 2 aromatic rings. The van der Waals surface area contributed by atoms with E-state index in [2.05, 4.69) is 41.3 Å². The first-order valence-electron chi connectivity index (χ1n) is 6.34. The van der Waals surface area contributed by atoms with Crippen LogP contribution in [0.5, 0.6) is 0 Å². The van der Waals surface area contributed by atoms with Gasteiger partial charge in [-0.2, -0.15) is 0 Å². The summed E-state index contributed by atoms with van der Waals surface area (Å²) in [5.41, 5.74) is 5.01. The summed E-state index contributed by atoms with van der Waals surface area (Å²) in [6.45, 7) is 3.75. The van der Waals surface area contributed by atoms with E-state index in [1.54, 1.807) is 6.92 Å². The molecule has 0 aliphatic carbocycles. The van der Waals surface area contributed by atoms with Crippen molar-refractivity contribution in [1.82, 2.24) is 0 Å². The van der Waals surface area contributed by atoms with E-state index in [1.165, 1.54) is 16.8 Å². The lowest BCUT2D eigenvalue weighted by molar-refractivity contribution is 0.199. The largest absolute Gasteiger partial charge is 0.389 e. The van der Waals surface area contributed by atoms with E-state index >= 15 is 0 Å². The number of hydrogen-bond donors (Lipinski definition) is 1. The van der Waals surface area contributed by atoms with Crippen LogP contribution in [0.1, 0.15) is 29.7 Å². The van der Waals surface area contributed by atoms with Crippen LogP contribution in [-0.4, -0.2) is 5.11 Å². The van der Waals surface area contributed by atoms with E-state index in [1.807, 2.05) is 12.1 Å². The second kappa shape index (κ2) is 4.46. The molecule has 2 nitrogen and oxygen atoms in total. The van der Waals surface area contributed by atoms with E-state index in [0.717, 1.165) is 18.7 Å². The maximum absolute atomic E-state index is 9.51. The van der Waals surface area contributed by atoms with Crippen LogP contribution in [0.4, 0.5) is 5.69 Å². The van der Waals surface area contributed by atoms with Crippen LogP contribution in [-0.2, 0) is 13.1 Å². The highest BCUT2D eigenvalue weighted by Gasteiger charge is 2.18. The van der Waals surface area contributed by atoms with Gasteiger partial charge in [0.15, 0.2) is 0 Å². The monoisotopic (exact) mass is 239 g/mol. The van der Waals surface area contributed by atoms with Crippen LogP contribution >= 0.6 is 0 Å². The lowest BCUT2D eigenvalue weighted by Gasteiger charge is -2.18. The quantitative estimate of drug-likeness (QED) is 0.869. The summed E-state index contributed by atoms with van der Waals surface area (Å²) in [5, 5.41) is 9.51. The average molecular weight is 239 g/mol. The second-order valence-electron chi connectivity index (χ2n) is 4.89. The Labute approximate surface area is 107 Å². The summed E-state index contributed by atoms with van der Waals surface area (Å²) in [7, 11) is 0. The van der Waals surface area contributed by atoms with Crippen LogP contribution in [0, 0.1) is 0 Å². The molecule has 0 amide bonds. The number of rotatable bonds is 2. The molecule has 92 valence electrons. The number of anilines is 1. The van der Waals surface area contributed by atoms with Crippen molar-refractivity contribution < 1.29 is 5.11 Å². The van der Waals surface area contributed by atoms with Gasteiger partial charge >= 0.3 is 0 Å². The van der Waals surface area contributed by atoms with E-state index in [4.69, 9.17) is 0 Å².